The average molecular weight is 350 g/mol. The van der Waals surface area contributed by atoms with Crippen LogP contribution in [0.15, 0.2) is 46.9 Å². The molecule has 0 saturated carbocycles. The Kier molecular flexibility index (Phi) is 4.00. The number of halogens is 2. The van der Waals surface area contributed by atoms with Gasteiger partial charge in [0.1, 0.15) is 11.6 Å². The molecule has 110 valence electrons. The van der Waals surface area contributed by atoms with Crippen molar-refractivity contribution in [2.75, 3.05) is 20.2 Å². The van der Waals surface area contributed by atoms with Gasteiger partial charge < -0.3 is 10.1 Å². The first-order valence-electron chi connectivity index (χ1n) is 6.92. The largest absolute Gasteiger partial charge is 0.497 e. The molecule has 2 nitrogen and oxygen atoms in total. The summed E-state index contributed by atoms with van der Waals surface area (Å²) in [5.74, 6) is 0.665. The molecule has 0 unspecified atom stereocenters. The Bertz CT molecular complexity index is 638. The Hall–Kier alpha value is -1.39. The zero-order valence-electron chi connectivity index (χ0n) is 11.8. The fourth-order valence-electron chi connectivity index (χ4n) is 2.84. The third-order valence-corrected chi connectivity index (χ3v) is 4.94. The van der Waals surface area contributed by atoms with Crippen LogP contribution in [0.25, 0.3) is 0 Å². The molecule has 1 heterocycles. The molecule has 1 aliphatic rings. The van der Waals surface area contributed by atoms with Gasteiger partial charge in [-0.05, 0) is 47.9 Å². The van der Waals surface area contributed by atoms with Gasteiger partial charge in [-0.1, -0.05) is 28.1 Å². The quantitative estimate of drug-likeness (QED) is 0.908. The van der Waals surface area contributed by atoms with E-state index in [2.05, 4.69) is 27.3 Å². The van der Waals surface area contributed by atoms with Gasteiger partial charge in [0.25, 0.3) is 0 Å². The molecule has 1 fully saturated rings. The van der Waals surface area contributed by atoms with E-state index in [1.54, 1.807) is 7.11 Å². The minimum Gasteiger partial charge on any atom is -0.497 e. The van der Waals surface area contributed by atoms with Crippen LogP contribution < -0.4 is 10.1 Å². The van der Waals surface area contributed by atoms with Crippen LogP contribution in [-0.4, -0.2) is 20.2 Å². The molecule has 0 amide bonds. The van der Waals surface area contributed by atoms with Crippen molar-refractivity contribution in [3.63, 3.8) is 0 Å². The monoisotopic (exact) mass is 349 g/mol. The second-order valence-corrected chi connectivity index (χ2v) is 6.38. The van der Waals surface area contributed by atoms with E-state index in [0.29, 0.717) is 0 Å². The maximum Gasteiger partial charge on any atom is 0.123 e. The molecule has 2 aromatic rings. The summed E-state index contributed by atoms with van der Waals surface area (Å²) in [5.41, 5.74) is 2.42. The summed E-state index contributed by atoms with van der Waals surface area (Å²) in [5, 5.41) is 3.34. The fraction of sp³-hybridized carbons (Fsp3) is 0.294. The Balaban J connectivity index is 1.92. The van der Waals surface area contributed by atoms with Gasteiger partial charge in [-0.2, -0.15) is 0 Å². The van der Waals surface area contributed by atoms with Crippen LogP contribution in [0.5, 0.6) is 5.75 Å². The summed E-state index contributed by atoms with van der Waals surface area (Å²) >= 11 is 3.61. The van der Waals surface area contributed by atoms with Crippen molar-refractivity contribution in [2.45, 2.75) is 11.8 Å². The molecule has 0 aromatic heterocycles. The van der Waals surface area contributed by atoms with Crippen molar-refractivity contribution in [1.29, 1.82) is 0 Å². The van der Waals surface area contributed by atoms with Crippen LogP contribution in [-0.2, 0) is 11.8 Å². The van der Waals surface area contributed by atoms with Crippen molar-refractivity contribution < 1.29 is 9.13 Å². The van der Waals surface area contributed by atoms with E-state index in [1.807, 2.05) is 24.3 Å². The Labute approximate surface area is 132 Å². The van der Waals surface area contributed by atoms with E-state index in [0.717, 1.165) is 29.7 Å². The second kappa shape index (κ2) is 5.78. The van der Waals surface area contributed by atoms with E-state index in [9.17, 15) is 4.39 Å². The predicted molar refractivity (Wildman–Crippen MR) is 85.3 cm³/mol. The summed E-state index contributed by atoms with van der Waals surface area (Å²) in [6.45, 7) is 1.81. The predicted octanol–water partition coefficient (Wildman–Crippen LogP) is 3.68. The Morgan fingerprint density at radius 1 is 1.19 bits per heavy atom. The zero-order valence-corrected chi connectivity index (χ0v) is 13.4. The van der Waals surface area contributed by atoms with Gasteiger partial charge in [-0.15, -0.1) is 0 Å². The molecule has 4 heteroatoms. The van der Waals surface area contributed by atoms with E-state index in [1.165, 1.54) is 23.3 Å². The molecule has 0 spiro atoms. The first-order valence-corrected chi connectivity index (χ1v) is 7.71. The van der Waals surface area contributed by atoms with E-state index in [-0.39, 0.29) is 11.2 Å². The number of methoxy groups -OCH3 is 1. The van der Waals surface area contributed by atoms with E-state index in [4.69, 9.17) is 4.74 Å². The molecular formula is C17H17BrFNO. The summed E-state index contributed by atoms with van der Waals surface area (Å²) in [4.78, 5) is 0. The van der Waals surface area contributed by atoms with Crippen molar-refractivity contribution in [1.82, 2.24) is 5.32 Å². The molecule has 1 aliphatic heterocycles. The van der Waals surface area contributed by atoms with Gasteiger partial charge in [0.15, 0.2) is 0 Å². The molecule has 1 N–H and O–H groups in total. The highest BCUT2D eigenvalue weighted by molar-refractivity contribution is 9.10. The highest BCUT2D eigenvalue weighted by atomic mass is 79.9. The van der Waals surface area contributed by atoms with Gasteiger partial charge in [-0.3, -0.25) is 0 Å². The summed E-state index contributed by atoms with van der Waals surface area (Å²) < 4.78 is 19.5. The number of hydrogen-bond acceptors (Lipinski definition) is 2. The minimum absolute atomic E-state index is 0.0303. The lowest BCUT2D eigenvalue weighted by molar-refractivity contribution is 0.274. The maximum absolute atomic E-state index is 13.1. The summed E-state index contributed by atoms with van der Waals surface area (Å²) in [6.07, 6.45) is 0.892. The normalized spacial score (nSPS) is 16.3. The molecule has 0 atom stereocenters. The maximum atomic E-state index is 13.1. The van der Waals surface area contributed by atoms with Crippen molar-refractivity contribution in [2.24, 2.45) is 0 Å². The highest BCUT2D eigenvalue weighted by Gasteiger charge is 2.39. The van der Waals surface area contributed by atoms with Gasteiger partial charge in [0, 0.05) is 23.0 Å². The lowest BCUT2D eigenvalue weighted by Gasteiger charge is -2.43. The van der Waals surface area contributed by atoms with Crippen LogP contribution in [0.2, 0.25) is 0 Å². The van der Waals surface area contributed by atoms with E-state index >= 15 is 0 Å². The third kappa shape index (κ3) is 2.83. The summed E-state index contributed by atoms with van der Waals surface area (Å²) in [6, 6.07) is 12.9. The van der Waals surface area contributed by atoms with Gasteiger partial charge >= 0.3 is 0 Å². The van der Waals surface area contributed by atoms with Gasteiger partial charge in [-0.25, -0.2) is 4.39 Å². The molecule has 21 heavy (non-hydrogen) atoms. The molecule has 0 radical (unpaired) electrons. The van der Waals surface area contributed by atoms with E-state index < -0.39 is 0 Å². The fourth-order valence-corrected chi connectivity index (χ4v) is 3.23. The third-order valence-electron chi connectivity index (χ3n) is 4.17. The SMILES string of the molecule is COc1ccc(Br)c(CC2(c3ccc(F)cc3)CNC2)c1. The van der Waals surface area contributed by atoms with Crippen LogP contribution >= 0.6 is 15.9 Å². The topological polar surface area (TPSA) is 21.3 Å². The Morgan fingerprint density at radius 3 is 2.48 bits per heavy atom. The minimum atomic E-state index is -0.191. The number of rotatable bonds is 4. The van der Waals surface area contributed by atoms with Gasteiger partial charge in [0.2, 0.25) is 0 Å². The van der Waals surface area contributed by atoms with Gasteiger partial charge in [0.05, 0.1) is 7.11 Å². The average Bonchev–Trinajstić information content (AvgIpc) is 2.46. The molecule has 3 rings (SSSR count). The first kappa shape index (κ1) is 14.5. The molecule has 1 saturated heterocycles. The number of nitrogens with one attached hydrogen (secondary N) is 1. The standard InChI is InChI=1S/C17H17BrFNO/c1-21-15-6-7-16(18)12(8-15)9-17(10-20-11-17)13-2-4-14(19)5-3-13/h2-8,20H,9-11H2,1H3. The summed E-state index contributed by atoms with van der Waals surface area (Å²) in [7, 11) is 1.67. The first-order chi connectivity index (χ1) is 10.1. The van der Waals surface area contributed by atoms with Crippen molar-refractivity contribution in [3.8, 4) is 5.75 Å². The highest BCUT2D eigenvalue weighted by Crippen LogP contribution is 2.35. The lowest BCUT2D eigenvalue weighted by atomic mass is 9.71. The second-order valence-electron chi connectivity index (χ2n) is 5.52. The van der Waals surface area contributed by atoms with Crippen LogP contribution in [0.4, 0.5) is 4.39 Å². The number of ether oxygens (including phenoxy) is 1. The zero-order chi connectivity index (χ0) is 14.9. The van der Waals surface area contributed by atoms with Crippen LogP contribution in [0, 0.1) is 5.82 Å². The number of hydrogen-bond donors (Lipinski definition) is 1. The lowest BCUT2D eigenvalue weighted by Crippen LogP contribution is -2.58. The molecular weight excluding hydrogens is 333 g/mol. The smallest absolute Gasteiger partial charge is 0.123 e. The van der Waals surface area contributed by atoms with Crippen LogP contribution in [0.3, 0.4) is 0 Å². The number of benzene rings is 2. The molecule has 0 bridgehead atoms. The van der Waals surface area contributed by atoms with Crippen LogP contribution in [0.1, 0.15) is 11.1 Å². The van der Waals surface area contributed by atoms with Crippen molar-refractivity contribution >= 4 is 15.9 Å². The molecule has 0 aliphatic carbocycles. The Morgan fingerprint density at radius 2 is 1.90 bits per heavy atom. The molecule has 2 aromatic carbocycles. The van der Waals surface area contributed by atoms with Crippen molar-refractivity contribution in [3.05, 3.63) is 63.9 Å².